The number of carbonyl (C=O) groups is 1. The minimum absolute atomic E-state index is 0.0618. The Morgan fingerprint density at radius 3 is 2.38 bits per heavy atom. The number of likely N-dealkylation sites (N-methyl/N-ethyl adjacent to an activating group) is 1. The quantitative estimate of drug-likeness (QED) is 0.780. The molecule has 0 fully saturated rings. The highest BCUT2D eigenvalue weighted by Gasteiger charge is 2.24. The Kier molecular flexibility index (Phi) is 6.63. The number of benzene rings is 2. The molecule has 0 heterocycles. The van der Waals surface area contributed by atoms with E-state index in [0.717, 1.165) is 5.56 Å². The van der Waals surface area contributed by atoms with E-state index in [0.29, 0.717) is 10.8 Å². The first-order valence-electron chi connectivity index (χ1n) is 7.89. The highest BCUT2D eigenvalue weighted by molar-refractivity contribution is 7.89. The van der Waals surface area contributed by atoms with Gasteiger partial charge in [-0.3, -0.25) is 4.79 Å². The Bertz CT molecular complexity index is 869. The van der Waals surface area contributed by atoms with E-state index in [4.69, 9.17) is 16.3 Å². The maximum atomic E-state index is 12.5. The number of ether oxygens (including phenoxy) is 1. The van der Waals surface area contributed by atoms with Crippen LogP contribution in [-0.4, -0.2) is 39.4 Å². The monoisotopic (exact) mass is 396 g/mol. The molecule has 0 radical (unpaired) electrons. The van der Waals surface area contributed by atoms with E-state index in [1.807, 2.05) is 12.1 Å². The van der Waals surface area contributed by atoms with E-state index in [-0.39, 0.29) is 17.3 Å². The van der Waals surface area contributed by atoms with Crippen LogP contribution >= 0.6 is 11.6 Å². The van der Waals surface area contributed by atoms with E-state index in [1.165, 1.54) is 31.1 Å². The molecule has 0 aromatic heterocycles. The average molecular weight is 397 g/mol. The maximum absolute atomic E-state index is 12.5. The highest BCUT2D eigenvalue weighted by atomic mass is 35.5. The van der Waals surface area contributed by atoms with Gasteiger partial charge in [-0.25, -0.2) is 8.42 Å². The second-order valence-corrected chi connectivity index (χ2v) is 7.93. The third kappa shape index (κ3) is 4.97. The minimum atomic E-state index is -3.82. The molecule has 2 rings (SSSR count). The molecule has 0 saturated heterocycles. The van der Waals surface area contributed by atoms with Gasteiger partial charge >= 0.3 is 0 Å². The summed E-state index contributed by atoms with van der Waals surface area (Å²) in [7, 11) is -0.725. The summed E-state index contributed by atoms with van der Waals surface area (Å²) in [6.45, 7) is 1.79. The molecule has 2 aromatic rings. The fourth-order valence-electron chi connectivity index (χ4n) is 2.40. The van der Waals surface area contributed by atoms with Crippen LogP contribution in [0.3, 0.4) is 0 Å². The molecule has 0 aliphatic heterocycles. The van der Waals surface area contributed by atoms with Crippen LogP contribution in [0.1, 0.15) is 12.5 Å². The van der Waals surface area contributed by atoms with Gasteiger partial charge in [0.25, 0.3) is 0 Å². The Morgan fingerprint density at radius 1 is 1.19 bits per heavy atom. The molecule has 1 atom stereocenters. The van der Waals surface area contributed by atoms with Crippen molar-refractivity contribution in [2.75, 3.05) is 14.2 Å². The van der Waals surface area contributed by atoms with Crippen LogP contribution < -0.4 is 9.46 Å². The van der Waals surface area contributed by atoms with Crippen molar-refractivity contribution in [2.24, 2.45) is 0 Å². The summed E-state index contributed by atoms with van der Waals surface area (Å²) in [6, 6.07) is 12.2. The lowest BCUT2D eigenvalue weighted by atomic mass is 10.2. The van der Waals surface area contributed by atoms with Crippen LogP contribution in [0, 0.1) is 0 Å². The van der Waals surface area contributed by atoms with Crippen molar-refractivity contribution in [3.05, 3.63) is 59.1 Å². The molecule has 0 unspecified atom stereocenters. The van der Waals surface area contributed by atoms with Gasteiger partial charge in [-0.05, 0) is 42.8 Å². The molecular formula is C18H21ClN2O4S. The summed E-state index contributed by atoms with van der Waals surface area (Å²) in [5.74, 6) is 0.189. The van der Waals surface area contributed by atoms with Crippen LogP contribution in [0.15, 0.2) is 53.4 Å². The first-order chi connectivity index (χ1) is 12.2. The largest absolute Gasteiger partial charge is 0.497 e. The number of methoxy groups -OCH3 is 1. The third-order valence-corrected chi connectivity index (χ3v) is 5.74. The Labute approximate surface area is 158 Å². The van der Waals surface area contributed by atoms with Gasteiger partial charge in [-0.1, -0.05) is 29.8 Å². The van der Waals surface area contributed by atoms with Crippen molar-refractivity contribution < 1.29 is 17.9 Å². The molecule has 140 valence electrons. The van der Waals surface area contributed by atoms with Crippen molar-refractivity contribution >= 4 is 27.5 Å². The number of hydrogen-bond donors (Lipinski definition) is 1. The first-order valence-corrected chi connectivity index (χ1v) is 9.75. The van der Waals surface area contributed by atoms with Crippen molar-refractivity contribution in [1.29, 1.82) is 0 Å². The zero-order chi connectivity index (χ0) is 19.3. The van der Waals surface area contributed by atoms with Crippen molar-refractivity contribution in [3.63, 3.8) is 0 Å². The standard InChI is InChI=1S/C18H21ClN2O4S/c1-13(18(22)21(2)12-14-6-4-5-7-17(14)19)20-26(23,24)16-10-8-15(25-3)9-11-16/h4-11,13,20H,12H2,1-3H3/t13-/m0/s1. The molecule has 0 bridgehead atoms. The minimum Gasteiger partial charge on any atom is -0.497 e. The number of amides is 1. The highest BCUT2D eigenvalue weighted by Crippen LogP contribution is 2.18. The normalized spacial score (nSPS) is 12.5. The van der Waals surface area contributed by atoms with E-state index >= 15 is 0 Å². The number of halogens is 1. The zero-order valence-corrected chi connectivity index (χ0v) is 16.3. The van der Waals surface area contributed by atoms with Crippen LogP contribution in [-0.2, 0) is 21.4 Å². The van der Waals surface area contributed by atoms with Crippen LogP contribution in [0.25, 0.3) is 0 Å². The van der Waals surface area contributed by atoms with Crippen molar-refractivity contribution in [3.8, 4) is 5.75 Å². The fraction of sp³-hybridized carbons (Fsp3) is 0.278. The molecule has 1 amide bonds. The third-order valence-electron chi connectivity index (χ3n) is 3.81. The lowest BCUT2D eigenvalue weighted by Crippen LogP contribution is -2.45. The smallest absolute Gasteiger partial charge is 0.241 e. The number of sulfonamides is 1. The van der Waals surface area contributed by atoms with Gasteiger partial charge in [0.15, 0.2) is 0 Å². The number of rotatable bonds is 7. The number of hydrogen-bond acceptors (Lipinski definition) is 4. The molecule has 6 nitrogen and oxygen atoms in total. The Morgan fingerprint density at radius 2 is 1.81 bits per heavy atom. The summed E-state index contributed by atoms with van der Waals surface area (Å²) in [4.78, 5) is 14.0. The Hall–Kier alpha value is -2.09. The van der Waals surface area contributed by atoms with Crippen molar-refractivity contribution in [1.82, 2.24) is 9.62 Å². The molecule has 0 aliphatic carbocycles. The van der Waals surface area contributed by atoms with E-state index in [2.05, 4.69) is 4.72 Å². The lowest BCUT2D eigenvalue weighted by molar-refractivity contribution is -0.131. The van der Waals surface area contributed by atoms with E-state index in [1.54, 1.807) is 31.3 Å². The van der Waals surface area contributed by atoms with Gasteiger partial charge in [0.2, 0.25) is 15.9 Å². The number of carbonyl (C=O) groups excluding carboxylic acids is 1. The van der Waals surface area contributed by atoms with E-state index in [9.17, 15) is 13.2 Å². The molecule has 2 aromatic carbocycles. The fourth-order valence-corrected chi connectivity index (χ4v) is 3.79. The maximum Gasteiger partial charge on any atom is 0.241 e. The second-order valence-electron chi connectivity index (χ2n) is 5.80. The second kappa shape index (κ2) is 8.53. The number of nitrogens with zero attached hydrogens (tertiary/aromatic N) is 1. The van der Waals surface area contributed by atoms with Crippen molar-refractivity contribution in [2.45, 2.75) is 24.4 Å². The van der Waals surface area contributed by atoms with E-state index < -0.39 is 16.1 Å². The SMILES string of the molecule is COc1ccc(S(=O)(=O)N[C@@H](C)C(=O)N(C)Cc2ccccc2Cl)cc1. The molecular weight excluding hydrogens is 376 g/mol. The summed E-state index contributed by atoms with van der Waals surface area (Å²) in [5, 5.41) is 0.554. The van der Waals surface area contributed by atoms with Gasteiger partial charge in [-0.2, -0.15) is 4.72 Å². The molecule has 0 aliphatic rings. The summed E-state index contributed by atoms with van der Waals surface area (Å²) in [5.41, 5.74) is 0.787. The predicted molar refractivity (Wildman–Crippen MR) is 101 cm³/mol. The van der Waals surface area contributed by atoms with Gasteiger partial charge in [0, 0.05) is 18.6 Å². The van der Waals surface area contributed by atoms with Gasteiger partial charge in [-0.15, -0.1) is 0 Å². The topological polar surface area (TPSA) is 75.7 Å². The van der Waals surface area contributed by atoms with Gasteiger partial charge in [0.05, 0.1) is 18.0 Å². The molecule has 26 heavy (non-hydrogen) atoms. The van der Waals surface area contributed by atoms with Crippen LogP contribution in [0.2, 0.25) is 5.02 Å². The Balaban J connectivity index is 2.06. The molecule has 8 heteroatoms. The van der Waals surface area contributed by atoms with Crippen LogP contribution in [0.5, 0.6) is 5.75 Å². The molecule has 1 N–H and O–H groups in total. The molecule has 0 spiro atoms. The predicted octanol–water partition coefficient (Wildman–Crippen LogP) is 2.67. The summed E-state index contributed by atoms with van der Waals surface area (Å²) >= 11 is 6.10. The summed E-state index contributed by atoms with van der Waals surface area (Å²) < 4.78 is 32.3. The van der Waals surface area contributed by atoms with Gasteiger partial charge in [0.1, 0.15) is 5.75 Å². The average Bonchev–Trinajstić information content (AvgIpc) is 2.62. The zero-order valence-electron chi connectivity index (χ0n) is 14.8. The molecule has 0 saturated carbocycles. The van der Waals surface area contributed by atoms with Crippen LogP contribution in [0.4, 0.5) is 0 Å². The summed E-state index contributed by atoms with van der Waals surface area (Å²) in [6.07, 6.45) is 0. The number of nitrogens with one attached hydrogen (secondary N) is 1. The lowest BCUT2D eigenvalue weighted by Gasteiger charge is -2.22. The first kappa shape index (κ1) is 20.2. The van der Waals surface area contributed by atoms with Gasteiger partial charge < -0.3 is 9.64 Å².